The Labute approximate surface area is 79.8 Å². The summed E-state index contributed by atoms with van der Waals surface area (Å²) in [5.41, 5.74) is -0.358. The Kier molecular flexibility index (Phi) is 2.96. The summed E-state index contributed by atoms with van der Waals surface area (Å²) in [6.45, 7) is 8.55. The van der Waals surface area contributed by atoms with Gasteiger partial charge in [-0.05, 0) is 34.1 Å². The SMILES string of the molecule is CC1CC(C(=O)OC(C)(C)C)CN1. The van der Waals surface area contributed by atoms with Crippen LogP contribution in [0, 0.1) is 5.92 Å². The Morgan fingerprint density at radius 3 is 2.46 bits per heavy atom. The predicted molar refractivity (Wildman–Crippen MR) is 51.4 cm³/mol. The van der Waals surface area contributed by atoms with Gasteiger partial charge in [0.25, 0.3) is 0 Å². The van der Waals surface area contributed by atoms with Crippen LogP contribution < -0.4 is 5.32 Å². The lowest BCUT2D eigenvalue weighted by molar-refractivity contribution is -0.159. The van der Waals surface area contributed by atoms with Crippen molar-refractivity contribution in [2.75, 3.05) is 6.54 Å². The van der Waals surface area contributed by atoms with Gasteiger partial charge < -0.3 is 10.1 Å². The Bertz CT molecular complexity index is 196. The molecule has 2 unspecified atom stereocenters. The maximum atomic E-state index is 11.5. The summed E-state index contributed by atoms with van der Waals surface area (Å²) in [4.78, 5) is 11.5. The van der Waals surface area contributed by atoms with Gasteiger partial charge in [-0.3, -0.25) is 4.79 Å². The van der Waals surface area contributed by atoms with Crippen LogP contribution in [0.2, 0.25) is 0 Å². The first-order valence-corrected chi connectivity index (χ1v) is 4.85. The highest BCUT2D eigenvalue weighted by atomic mass is 16.6. The second-order valence-electron chi connectivity index (χ2n) is 4.78. The fourth-order valence-corrected chi connectivity index (χ4v) is 1.50. The fourth-order valence-electron chi connectivity index (χ4n) is 1.50. The van der Waals surface area contributed by atoms with Gasteiger partial charge in [-0.15, -0.1) is 0 Å². The molecule has 2 atom stereocenters. The van der Waals surface area contributed by atoms with E-state index in [1.165, 1.54) is 0 Å². The van der Waals surface area contributed by atoms with Gasteiger partial charge in [0.1, 0.15) is 5.60 Å². The molecule has 1 saturated heterocycles. The van der Waals surface area contributed by atoms with E-state index in [0.717, 1.165) is 13.0 Å². The van der Waals surface area contributed by atoms with Crippen LogP contribution in [0.25, 0.3) is 0 Å². The van der Waals surface area contributed by atoms with Crippen molar-refractivity contribution in [3.8, 4) is 0 Å². The summed E-state index contributed by atoms with van der Waals surface area (Å²) in [5, 5.41) is 3.24. The largest absolute Gasteiger partial charge is 0.460 e. The van der Waals surface area contributed by atoms with Gasteiger partial charge >= 0.3 is 5.97 Å². The average molecular weight is 185 g/mol. The average Bonchev–Trinajstić information content (AvgIpc) is 2.31. The van der Waals surface area contributed by atoms with Gasteiger partial charge in [0.2, 0.25) is 0 Å². The number of hydrogen-bond donors (Lipinski definition) is 1. The molecule has 1 N–H and O–H groups in total. The molecule has 0 radical (unpaired) electrons. The molecular formula is C10H19NO2. The highest BCUT2D eigenvalue weighted by molar-refractivity contribution is 5.73. The normalized spacial score (nSPS) is 28.9. The van der Waals surface area contributed by atoms with Crippen molar-refractivity contribution in [1.82, 2.24) is 5.32 Å². The third-order valence-corrected chi connectivity index (χ3v) is 2.09. The summed E-state index contributed by atoms with van der Waals surface area (Å²) in [6, 6.07) is 0.442. The number of carbonyl (C=O) groups excluding carboxylic acids is 1. The molecule has 13 heavy (non-hydrogen) atoms. The zero-order valence-corrected chi connectivity index (χ0v) is 8.89. The number of nitrogens with one attached hydrogen (secondary N) is 1. The van der Waals surface area contributed by atoms with Crippen molar-refractivity contribution in [2.24, 2.45) is 5.92 Å². The van der Waals surface area contributed by atoms with Crippen LogP contribution in [0.1, 0.15) is 34.1 Å². The molecule has 0 saturated carbocycles. The molecule has 1 aliphatic rings. The molecule has 0 aromatic carbocycles. The molecule has 0 aromatic rings. The number of rotatable bonds is 1. The maximum Gasteiger partial charge on any atom is 0.310 e. The van der Waals surface area contributed by atoms with Gasteiger partial charge in [-0.25, -0.2) is 0 Å². The minimum absolute atomic E-state index is 0.0502. The molecule has 0 bridgehead atoms. The third kappa shape index (κ3) is 3.35. The summed E-state index contributed by atoms with van der Waals surface area (Å²) in [7, 11) is 0. The van der Waals surface area contributed by atoms with Crippen LogP contribution in [0.4, 0.5) is 0 Å². The highest BCUT2D eigenvalue weighted by Gasteiger charge is 2.30. The van der Waals surface area contributed by atoms with Gasteiger partial charge in [0.15, 0.2) is 0 Å². The van der Waals surface area contributed by atoms with E-state index in [-0.39, 0.29) is 17.5 Å². The first-order valence-electron chi connectivity index (χ1n) is 4.85. The summed E-state index contributed by atoms with van der Waals surface area (Å²) >= 11 is 0. The van der Waals surface area contributed by atoms with Crippen molar-refractivity contribution in [1.29, 1.82) is 0 Å². The molecule has 76 valence electrons. The minimum atomic E-state index is -0.358. The van der Waals surface area contributed by atoms with E-state index in [1.807, 2.05) is 20.8 Å². The second kappa shape index (κ2) is 3.66. The zero-order chi connectivity index (χ0) is 10.1. The van der Waals surface area contributed by atoms with Gasteiger partial charge in [-0.1, -0.05) is 0 Å². The highest BCUT2D eigenvalue weighted by Crippen LogP contribution is 2.18. The minimum Gasteiger partial charge on any atom is -0.460 e. The van der Waals surface area contributed by atoms with Crippen LogP contribution >= 0.6 is 0 Å². The maximum absolute atomic E-state index is 11.5. The summed E-state index contributed by atoms with van der Waals surface area (Å²) in [5.74, 6) is -0.0152. The molecule has 3 nitrogen and oxygen atoms in total. The lowest BCUT2D eigenvalue weighted by Gasteiger charge is -2.21. The van der Waals surface area contributed by atoms with Crippen LogP contribution in [0.15, 0.2) is 0 Å². The Balaban J connectivity index is 2.41. The van der Waals surface area contributed by atoms with Crippen LogP contribution in [0.5, 0.6) is 0 Å². The summed E-state index contributed by atoms with van der Waals surface area (Å²) < 4.78 is 5.29. The van der Waals surface area contributed by atoms with Crippen molar-refractivity contribution in [3.05, 3.63) is 0 Å². The van der Waals surface area contributed by atoms with E-state index in [0.29, 0.717) is 6.04 Å². The van der Waals surface area contributed by atoms with Crippen molar-refractivity contribution >= 4 is 5.97 Å². The molecule has 0 spiro atoms. The van der Waals surface area contributed by atoms with E-state index >= 15 is 0 Å². The van der Waals surface area contributed by atoms with Crippen molar-refractivity contribution in [2.45, 2.75) is 45.8 Å². The number of esters is 1. The number of carbonyl (C=O) groups is 1. The van der Waals surface area contributed by atoms with Gasteiger partial charge in [0, 0.05) is 12.6 Å². The molecule has 0 aliphatic carbocycles. The smallest absolute Gasteiger partial charge is 0.310 e. The van der Waals surface area contributed by atoms with E-state index in [4.69, 9.17) is 4.74 Å². The van der Waals surface area contributed by atoms with Crippen molar-refractivity contribution < 1.29 is 9.53 Å². The lowest BCUT2D eigenvalue weighted by Crippen LogP contribution is -2.29. The fraction of sp³-hybridized carbons (Fsp3) is 0.900. The Morgan fingerprint density at radius 1 is 1.46 bits per heavy atom. The predicted octanol–water partition coefficient (Wildman–Crippen LogP) is 1.33. The van der Waals surface area contributed by atoms with Crippen molar-refractivity contribution in [3.63, 3.8) is 0 Å². The zero-order valence-electron chi connectivity index (χ0n) is 8.89. The Hall–Kier alpha value is -0.570. The van der Waals surface area contributed by atoms with Crippen LogP contribution in [-0.2, 0) is 9.53 Å². The molecule has 1 heterocycles. The Morgan fingerprint density at radius 2 is 2.08 bits per heavy atom. The van der Waals surface area contributed by atoms with Crippen LogP contribution in [0.3, 0.4) is 0 Å². The monoisotopic (exact) mass is 185 g/mol. The molecule has 0 amide bonds. The standard InChI is InChI=1S/C10H19NO2/c1-7-5-8(6-11-7)9(12)13-10(2,3)4/h7-8,11H,5-6H2,1-4H3. The molecule has 1 aliphatic heterocycles. The van der Waals surface area contributed by atoms with E-state index in [9.17, 15) is 4.79 Å². The number of ether oxygens (including phenoxy) is 1. The number of hydrogen-bond acceptors (Lipinski definition) is 3. The molecule has 3 heteroatoms. The lowest BCUT2D eigenvalue weighted by atomic mass is 10.1. The summed E-state index contributed by atoms with van der Waals surface area (Å²) in [6.07, 6.45) is 0.898. The van der Waals surface area contributed by atoms with Gasteiger partial charge in [0.05, 0.1) is 5.92 Å². The quantitative estimate of drug-likeness (QED) is 0.626. The molecule has 1 rings (SSSR count). The van der Waals surface area contributed by atoms with Gasteiger partial charge in [-0.2, -0.15) is 0 Å². The molecule has 1 fully saturated rings. The van der Waals surface area contributed by atoms with E-state index in [1.54, 1.807) is 0 Å². The van der Waals surface area contributed by atoms with E-state index in [2.05, 4.69) is 12.2 Å². The topological polar surface area (TPSA) is 38.3 Å². The third-order valence-electron chi connectivity index (χ3n) is 2.09. The second-order valence-corrected chi connectivity index (χ2v) is 4.78. The molecule has 0 aromatic heterocycles. The van der Waals surface area contributed by atoms with Crippen LogP contribution in [-0.4, -0.2) is 24.2 Å². The first-order chi connectivity index (χ1) is 5.88. The van der Waals surface area contributed by atoms with E-state index < -0.39 is 0 Å². The molecular weight excluding hydrogens is 166 g/mol. The first kappa shape index (κ1) is 10.5.